The molecule has 8 nitrogen and oxygen atoms in total. The van der Waals surface area contributed by atoms with Crippen LogP contribution in [0.1, 0.15) is 17.0 Å². The van der Waals surface area contributed by atoms with Gasteiger partial charge in [-0.3, -0.25) is 0 Å². The smallest absolute Gasteiger partial charge is 0.236 e. The molecule has 2 aromatic carbocycles. The summed E-state index contributed by atoms with van der Waals surface area (Å²) < 4.78 is 25.0. The lowest BCUT2D eigenvalue weighted by Crippen LogP contribution is -2.02. The van der Waals surface area contributed by atoms with E-state index in [2.05, 4.69) is 20.9 Å². The number of aryl methyl sites for hydroxylation is 1. The van der Waals surface area contributed by atoms with E-state index in [4.69, 9.17) is 38.2 Å². The number of aliphatic hydroxyl groups is 1. The van der Waals surface area contributed by atoms with Crippen LogP contribution in [0.15, 0.2) is 51.9 Å². The van der Waals surface area contributed by atoms with E-state index < -0.39 is 5.82 Å². The number of hydrogen-bond donors (Lipinski definition) is 2. The van der Waals surface area contributed by atoms with Crippen LogP contribution in [0.5, 0.6) is 5.75 Å². The Hall–Kier alpha value is -4.09. The number of thioether (sulfide) groups is 1. The van der Waals surface area contributed by atoms with Crippen molar-refractivity contribution in [2.24, 2.45) is 0 Å². The zero-order valence-electron chi connectivity index (χ0n) is 19.5. The molecule has 2 heterocycles. The molecule has 4 rings (SSSR count). The third-order valence-corrected chi connectivity index (χ3v) is 6.59. The SMILES string of the molecule is [C-]#[N+]c1c(N)nc(SCc2nc(-c3ccc(Cl)c(F)c3)oc2C)c(C#N)c1-c1ccc(OCCO)cc1. The molecule has 11 heteroatoms. The molecule has 0 saturated heterocycles. The number of nitrogens with zero attached hydrogens (tertiary/aromatic N) is 4. The van der Waals surface area contributed by atoms with Crippen LogP contribution >= 0.6 is 23.4 Å². The van der Waals surface area contributed by atoms with Gasteiger partial charge in [-0.2, -0.15) is 5.26 Å². The van der Waals surface area contributed by atoms with E-state index in [0.29, 0.717) is 38.9 Å². The first kappa shape index (κ1) is 26.0. The molecule has 0 amide bonds. The third-order valence-electron chi connectivity index (χ3n) is 5.30. The molecule has 2 aromatic heterocycles. The zero-order valence-corrected chi connectivity index (χ0v) is 21.0. The first-order valence-corrected chi connectivity index (χ1v) is 12.2. The number of ether oxygens (including phenoxy) is 1. The maximum atomic E-state index is 13.9. The van der Waals surface area contributed by atoms with Crippen molar-refractivity contribution in [3.05, 3.63) is 81.7 Å². The number of pyridine rings is 1. The number of halogens is 2. The molecule has 0 aliphatic rings. The number of rotatable bonds is 8. The Balaban J connectivity index is 1.66. The summed E-state index contributed by atoms with van der Waals surface area (Å²) in [5, 5.41) is 19.3. The summed E-state index contributed by atoms with van der Waals surface area (Å²) in [6, 6.07) is 13.2. The molecule has 0 saturated carbocycles. The normalized spacial score (nSPS) is 10.6. The predicted octanol–water partition coefficient (Wildman–Crippen LogP) is 6.17. The van der Waals surface area contributed by atoms with E-state index in [9.17, 15) is 9.65 Å². The van der Waals surface area contributed by atoms with Crippen LogP contribution in [0.3, 0.4) is 0 Å². The molecular formula is C26H19ClFN5O3S. The largest absolute Gasteiger partial charge is 0.491 e. The van der Waals surface area contributed by atoms with Gasteiger partial charge in [0, 0.05) is 16.9 Å². The molecule has 0 aliphatic carbocycles. The van der Waals surface area contributed by atoms with Crippen molar-refractivity contribution >= 4 is 34.9 Å². The van der Waals surface area contributed by atoms with E-state index in [-0.39, 0.29) is 46.9 Å². The minimum Gasteiger partial charge on any atom is -0.491 e. The maximum Gasteiger partial charge on any atom is 0.236 e. The fourth-order valence-corrected chi connectivity index (χ4v) is 4.62. The number of hydrogen-bond acceptors (Lipinski definition) is 8. The Morgan fingerprint density at radius 2 is 1.97 bits per heavy atom. The van der Waals surface area contributed by atoms with Crippen molar-refractivity contribution < 1.29 is 18.7 Å². The van der Waals surface area contributed by atoms with Crippen molar-refractivity contribution in [3.8, 4) is 34.4 Å². The van der Waals surface area contributed by atoms with Crippen LogP contribution in [-0.2, 0) is 5.75 Å². The van der Waals surface area contributed by atoms with Crippen molar-refractivity contribution in [3.63, 3.8) is 0 Å². The lowest BCUT2D eigenvalue weighted by molar-refractivity contribution is 0.201. The molecule has 0 unspecified atom stereocenters. The first-order chi connectivity index (χ1) is 17.9. The van der Waals surface area contributed by atoms with E-state index in [1.807, 2.05) is 0 Å². The summed E-state index contributed by atoms with van der Waals surface area (Å²) in [6.07, 6.45) is 0. The average Bonchev–Trinajstić information content (AvgIpc) is 3.27. The van der Waals surface area contributed by atoms with E-state index >= 15 is 0 Å². The molecule has 4 aromatic rings. The van der Waals surface area contributed by atoms with Crippen LogP contribution in [-0.4, -0.2) is 28.3 Å². The van der Waals surface area contributed by atoms with Gasteiger partial charge in [0.2, 0.25) is 11.6 Å². The van der Waals surface area contributed by atoms with Gasteiger partial charge >= 0.3 is 0 Å². The molecule has 0 atom stereocenters. The monoisotopic (exact) mass is 535 g/mol. The summed E-state index contributed by atoms with van der Waals surface area (Å²) in [5.74, 6) is 1.02. The highest BCUT2D eigenvalue weighted by Crippen LogP contribution is 2.42. The molecule has 3 N–H and O–H groups in total. The molecular weight excluding hydrogens is 517 g/mol. The Bertz CT molecular complexity index is 1540. The van der Waals surface area contributed by atoms with Crippen molar-refractivity contribution in [1.29, 1.82) is 5.26 Å². The molecule has 37 heavy (non-hydrogen) atoms. The Morgan fingerprint density at radius 1 is 1.24 bits per heavy atom. The summed E-state index contributed by atoms with van der Waals surface area (Å²) in [6.45, 7) is 9.37. The lowest BCUT2D eigenvalue weighted by Gasteiger charge is -2.13. The number of nitriles is 1. The van der Waals surface area contributed by atoms with Crippen LogP contribution in [0.4, 0.5) is 15.9 Å². The van der Waals surface area contributed by atoms with Gasteiger partial charge in [0.25, 0.3) is 0 Å². The highest BCUT2D eigenvalue weighted by molar-refractivity contribution is 7.98. The van der Waals surface area contributed by atoms with Crippen LogP contribution in [0.2, 0.25) is 5.02 Å². The van der Waals surface area contributed by atoms with Crippen molar-refractivity contribution in [2.75, 3.05) is 18.9 Å². The van der Waals surface area contributed by atoms with Gasteiger partial charge in [0.05, 0.1) is 29.5 Å². The highest BCUT2D eigenvalue weighted by Gasteiger charge is 2.22. The van der Waals surface area contributed by atoms with Crippen molar-refractivity contribution in [2.45, 2.75) is 17.7 Å². The number of oxazole rings is 1. The molecule has 0 fully saturated rings. The van der Waals surface area contributed by atoms with E-state index in [0.717, 1.165) is 0 Å². The average molecular weight is 536 g/mol. The summed E-state index contributed by atoms with van der Waals surface area (Å²) in [4.78, 5) is 12.3. The van der Waals surface area contributed by atoms with E-state index in [1.165, 1.54) is 23.9 Å². The Kier molecular flexibility index (Phi) is 7.95. The number of nitrogens with two attached hydrogens (primary N) is 1. The second-order valence-corrected chi connectivity index (χ2v) is 9.03. The number of benzene rings is 2. The van der Waals surface area contributed by atoms with Gasteiger partial charge in [0.1, 0.15) is 40.8 Å². The van der Waals surface area contributed by atoms with Gasteiger partial charge in [-0.25, -0.2) is 19.2 Å². The number of nitrogen functional groups attached to an aromatic ring is 1. The van der Waals surface area contributed by atoms with Gasteiger partial charge in [-0.1, -0.05) is 35.5 Å². The van der Waals surface area contributed by atoms with Gasteiger partial charge < -0.3 is 20.0 Å². The second-order valence-electron chi connectivity index (χ2n) is 7.66. The van der Waals surface area contributed by atoms with Gasteiger partial charge in [-0.15, -0.1) is 0 Å². The summed E-state index contributed by atoms with van der Waals surface area (Å²) in [5.41, 5.74) is 8.39. The van der Waals surface area contributed by atoms with Gasteiger partial charge in [-0.05, 0) is 42.8 Å². The van der Waals surface area contributed by atoms with Crippen molar-refractivity contribution in [1.82, 2.24) is 9.97 Å². The summed E-state index contributed by atoms with van der Waals surface area (Å²) in [7, 11) is 0. The number of anilines is 1. The molecule has 0 aliphatic heterocycles. The Labute approximate surface area is 221 Å². The minimum absolute atomic E-state index is 0.00121. The van der Waals surface area contributed by atoms with Crippen LogP contribution < -0.4 is 10.5 Å². The molecule has 0 spiro atoms. The quantitative estimate of drug-likeness (QED) is 0.203. The third kappa shape index (κ3) is 5.52. The fourth-order valence-electron chi connectivity index (χ4n) is 3.51. The molecule has 0 radical (unpaired) electrons. The van der Waals surface area contributed by atoms with Gasteiger partial charge in [0.15, 0.2) is 0 Å². The predicted molar refractivity (Wildman–Crippen MR) is 139 cm³/mol. The standard InChI is InChI=1S/C26H19ClFN5O3S/c1-14-21(32-25(36-14)16-5-8-19(27)20(28)11-16)13-37-26-18(12-29)22(23(31-2)24(30)33-26)15-3-6-17(7-4-15)35-10-9-34/h3-8,11,34H,9-10,13H2,1H3,(H2,30,33). The minimum atomic E-state index is -0.579. The maximum absolute atomic E-state index is 13.9. The highest BCUT2D eigenvalue weighted by atomic mass is 35.5. The number of aliphatic hydroxyl groups excluding tert-OH is 1. The first-order valence-electron chi connectivity index (χ1n) is 10.9. The molecule has 186 valence electrons. The van der Waals surface area contributed by atoms with E-state index in [1.54, 1.807) is 37.3 Å². The second kappa shape index (κ2) is 11.3. The lowest BCUT2D eigenvalue weighted by atomic mass is 10.00. The van der Waals surface area contributed by atoms with Crippen LogP contribution in [0.25, 0.3) is 27.4 Å². The van der Waals surface area contributed by atoms with Crippen LogP contribution in [0, 0.1) is 30.6 Å². The number of aromatic nitrogens is 2. The summed E-state index contributed by atoms with van der Waals surface area (Å²) >= 11 is 6.99. The fraction of sp³-hybridized carbons (Fsp3) is 0.154. The zero-order chi connectivity index (χ0) is 26.5. The molecule has 0 bridgehead atoms. The topological polar surface area (TPSA) is 123 Å². The Morgan fingerprint density at radius 3 is 2.62 bits per heavy atom.